The van der Waals surface area contributed by atoms with Gasteiger partial charge in [0.1, 0.15) is 0 Å². The van der Waals surface area contributed by atoms with Crippen LogP contribution in [0.15, 0.2) is 18.2 Å². The Morgan fingerprint density at radius 2 is 2.30 bits per heavy atom. The summed E-state index contributed by atoms with van der Waals surface area (Å²) in [6.45, 7) is 0.993. The van der Waals surface area contributed by atoms with Crippen LogP contribution in [0.25, 0.3) is 0 Å². The van der Waals surface area contributed by atoms with Crippen molar-refractivity contribution in [2.24, 2.45) is 5.92 Å². The molecule has 6 nitrogen and oxygen atoms in total. The minimum absolute atomic E-state index is 0.0588. The van der Waals surface area contributed by atoms with Crippen molar-refractivity contribution in [2.45, 2.75) is 32.0 Å². The van der Waals surface area contributed by atoms with E-state index in [-0.39, 0.29) is 17.7 Å². The third kappa shape index (κ3) is 3.46. The van der Waals surface area contributed by atoms with Gasteiger partial charge < -0.3 is 15.2 Å². The van der Waals surface area contributed by atoms with Crippen molar-refractivity contribution in [3.05, 3.63) is 33.9 Å². The van der Waals surface area contributed by atoms with Gasteiger partial charge in [-0.2, -0.15) is 0 Å². The first-order valence-corrected chi connectivity index (χ1v) is 6.80. The molecule has 1 aliphatic carbocycles. The average Bonchev–Trinajstić information content (AvgIpc) is 2.83. The van der Waals surface area contributed by atoms with Crippen LogP contribution in [-0.4, -0.2) is 29.8 Å². The van der Waals surface area contributed by atoms with Crippen LogP contribution in [0, 0.1) is 16.0 Å². The molecule has 2 atom stereocenters. The molecule has 1 aromatic carbocycles. The fourth-order valence-corrected chi connectivity index (χ4v) is 2.64. The maximum atomic E-state index is 10.8. The van der Waals surface area contributed by atoms with E-state index in [4.69, 9.17) is 4.74 Å². The largest absolute Gasteiger partial charge is 0.393 e. The number of rotatable bonds is 6. The van der Waals surface area contributed by atoms with Crippen LogP contribution in [0.2, 0.25) is 0 Å². The summed E-state index contributed by atoms with van der Waals surface area (Å²) in [4.78, 5) is 10.4. The van der Waals surface area contributed by atoms with E-state index in [9.17, 15) is 15.2 Å². The summed E-state index contributed by atoms with van der Waals surface area (Å²) in [5, 5.41) is 23.9. The lowest BCUT2D eigenvalue weighted by Crippen LogP contribution is -2.22. The van der Waals surface area contributed by atoms with Crippen molar-refractivity contribution in [3.63, 3.8) is 0 Å². The zero-order valence-corrected chi connectivity index (χ0v) is 11.5. The number of nitrogens with one attached hydrogen (secondary N) is 1. The molecule has 0 spiro atoms. The normalized spacial score (nSPS) is 21.9. The van der Waals surface area contributed by atoms with Gasteiger partial charge in [0.2, 0.25) is 0 Å². The molecule has 1 saturated carbocycles. The van der Waals surface area contributed by atoms with Crippen LogP contribution in [0.4, 0.5) is 11.4 Å². The maximum Gasteiger partial charge on any atom is 0.269 e. The lowest BCUT2D eigenvalue weighted by atomic mass is 10.1. The summed E-state index contributed by atoms with van der Waals surface area (Å²) in [5.41, 5.74) is 1.65. The Bertz CT molecular complexity index is 478. The Balaban J connectivity index is 2.07. The van der Waals surface area contributed by atoms with Gasteiger partial charge in [0.15, 0.2) is 0 Å². The van der Waals surface area contributed by atoms with Crippen molar-refractivity contribution in [1.82, 2.24) is 0 Å². The van der Waals surface area contributed by atoms with Gasteiger partial charge in [-0.1, -0.05) is 6.42 Å². The van der Waals surface area contributed by atoms with Crippen molar-refractivity contribution in [3.8, 4) is 0 Å². The van der Waals surface area contributed by atoms with Crippen LogP contribution >= 0.6 is 0 Å². The predicted octanol–water partition coefficient (Wildman–Crippen LogP) is 2.31. The number of methoxy groups -OCH3 is 1. The number of aliphatic hydroxyl groups excluding tert-OH is 1. The molecular formula is C14H20N2O4. The quantitative estimate of drug-likeness (QED) is 0.617. The fourth-order valence-electron chi connectivity index (χ4n) is 2.64. The summed E-state index contributed by atoms with van der Waals surface area (Å²) in [7, 11) is 1.56. The number of hydrogen-bond donors (Lipinski definition) is 2. The summed E-state index contributed by atoms with van der Waals surface area (Å²) < 4.78 is 5.08. The van der Waals surface area contributed by atoms with Gasteiger partial charge in [-0.3, -0.25) is 10.1 Å². The minimum atomic E-state index is -0.413. The summed E-state index contributed by atoms with van der Waals surface area (Å²) >= 11 is 0. The standard InChI is InChI=1S/C14H20N2O4/c1-20-9-11-7-12(16(18)19)5-6-13(11)15-8-10-3-2-4-14(10)17/h5-7,10,14-15,17H,2-4,8-9H2,1H3. The molecule has 1 fully saturated rings. The Labute approximate surface area is 117 Å². The molecule has 0 amide bonds. The average molecular weight is 280 g/mol. The van der Waals surface area contributed by atoms with Crippen molar-refractivity contribution >= 4 is 11.4 Å². The topological polar surface area (TPSA) is 84.6 Å². The predicted molar refractivity (Wildman–Crippen MR) is 75.6 cm³/mol. The molecule has 110 valence electrons. The lowest BCUT2D eigenvalue weighted by molar-refractivity contribution is -0.384. The third-order valence-electron chi connectivity index (χ3n) is 3.77. The van der Waals surface area contributed by atoms with Gasteiger partial charge in [0.05, 0.1) is 17.6 Å². The zero-order chi connectivity index (χ0) is 14.5. The highest BCUT2D eigenvalue weighted by Crippen LogP contribution is 2.27. The molecule has 0 aromatic heterocycles. The number of nitrogens with zero attached hydrogens (tertiary/aromatic N) is 1. The van der Waals surface area contributed by atoms with E-state index in [2.05, 4.69) is 5.32 Å². The van der Waals surface area contributed by atoms with Crippen molar-refractivity contribution in [2.75, 3.05) is 19.0 Å². The smallest absolute Gasteiger partial charge is 0.269 e. The SMILES string of the molecule is COCc1cc([N+](=O)[O-])ccc1NCC1CCCC1O. The molecule has 2 N–H and O–H groups in total. The number of ether oxygens (including phenoxy) is 1. The van der Waals surface area contributed by atoms with E-state index in [1.54, 1.807) is 13.2 Å². The highest BCUT2D eigenvalue weighted by molar-refractivity contribution is 5.55. The first kappa shape index (κ1) is 14.7. The van der Waals surface area contributed by atoms with E-state index in [0.717, 1.165) is 30.5 Å². The van der Waals surface area contributed by atoms with Crippen molar-refractivity contribution in [1.29, 1.82) is 0 Å². The molecule has 0 bridgehead atoms. The fraction of sp³-hybridized carbons (Fsp3) is 0.571. The van der Waals surface area contributed by atoms with Crippen molar-refractivity contribution < 1.29 is 14.8 Å². The first-order valence-electron chi connectivity index (χ1n) is 6.80. The van der Waals surface area contributed by atoms with Crippen LogP contribution in [0.1, 0.15) is 24.8 Å². The summed E-state index contributed by atoms with van der Waals surface area (Å²) in [6, 6.07) is 4.71. The highest BCUT2D eigenvalue weighted by atomic mass is 16.6. The van der Waals surface area contributed by atoms with Crippen LogP contribution < -0.4 is 5.32 Å². The van der Waals surface area contributed by atoms with Gasteiger partial charge in [0.25, 0.3) is 5.69 Å². The molecule has 2 rings (SSSR count). The van der Waals surface area contributed by atoms with E-state index in [1.807, 2.05) is 0 Å². The molecule has 1 aromatic rings. The van der Waals surface area contributed by atoms with Gasteiger partial charge in [-0.25, -0.2) is 0 Å². The Kier molecular flexibility index (Phi) is 4.92. The molecule has 0 aliphatic heterocycles. The first-order chi connectivity index (χ1) is 9.61. The van der Waals surface area contributed by atoms with Crippen LogP contribution in [0.5, 0.6) is 0 Å². The molecule has 0 heterocycles. The highest BCUT2D eigenvalue weighted by Gasteiger charge is 2.25. The van der Waals surface area contributed by atoms with Crippen LogP contribution in [0.3, 0.4) is 0 Å². The molecule has 0 radical (unpaired) electrons. The number of non-ortho nitro benzene ring substituents is 1. The number of hydrogen-bond acceptors (Lipinski definition) is 5. The Morgan fingerprint density at radius 1 is 1.50 bits per heavy atom. The number of aliphatic hydroxyl groups is 1. The maximum absolute atomic E-state index is 10.8. The van der Waals surface area contributed by atoms with E-state index in [0.29, 0.717) is 13.2 Å². The minimum Gasteiger partial charge on any atom is -0.393 e. The number of benzene rings is 1. The van der Waals surface area contributed by atoms with E-state index < -0.39 is 4.92 Å². The lowest BCUT2D eigenvalue weighted by Gasteiger charge is -2.17. The number of nitro groups is 1. The van der Waals surface area contributed by atoms with Gasteiger partial charge >= 0.3 is 0 Å². The second kappa shape index (κ2) is 6.67. The Hall–Kier alpha value is -1.66. The van der Waals surface area contributed by atoms with Gasteiger partial charge in [-0.15, -0.1) is 0 Å². The second-order valence-corrected chi connectivity index (χ2v) is 5.17. The molecule has 1 aliphatic rings. The molecular weight excluding hydrogens is 260 g/mol. The molecule has 0 saturated heterocycles. The molecule has 20 heavy (non-hydrogen) atoms. The Morgan fingerprint density at radius 3 is 2.90 bits per heavy atom. The summed E-state index contributed by atoms with van der Waals surface area (Å²) in [5.74, 6) is 0.251. The number of anilines is 1. The number of nitro benzene ring substituents is 1. The van der Waals surface area contributed by atoms with Crippen LogP contribution in [-0.2, 0) is 11.3 Å². The van der Waals surface area contributed by atoms with Gasteiger partial charge in [-0.05, 0) is 18.9 Å². The van der Waals surface area contributed by atoms with Gasteiger partial charge in [0, 0.05) is 43.0 Å². The molecule has 2 unspecified atom stereocenters. The van der Waals surface area contributed by atoms with E-state index in [1.165, 1.54) is 12.1 Å². The second-order valence-electron chi connectivity index (χ2n) is 5.17. The zero-order valence-electron chi connectivity index (χ0n) is 11.5. The monoisotopic (exact) mass is 280 g/mol. The third-order valence-corrected chi connectivity index (χ3v) is 3.77. The van der Waals surface area contributed by atoms with E-state index >= 15 is 0 Å². The molecule has 6 heteroatoms. The summed E-state index contributed by atoms with van der Waals surface area (Å²) in [6.07, 6.45) is 2.68.